The van der Waals surface area contributed by atoms with Gasteiger partial charge in [0.15, 0.2) is 6.61 Å². The van der Waals surface area contributed by atoms with Gasteiger partial charge in [-0.3, -0.25) is 4.79 Å². The lowest BCUT2D eigenvalue weighted by atomic mass is 9.78. The molecule has 6 heteroatoms. The van der Waals surface area contributed by atoms with E-state index in [-0.39, 0.29) is 17.9 Å². The van der Waals surface area contributed by atoms with Gasteiger partial charge in [0.1, 0.15) is 16.3 Å². The molecule has 5 rings (SSSR count). The summed E-state index contributed by atoms with van der Waals surface area (Å²) in [5, 5.41) is 5.22. The normalized spacial score (nSPS) is 12.9. The fourth-order valence-electron chi connectivity index (χ4n) is 5.17. The molecule has 0 atom stereocenters. The molecule has 1 N–H and O–H groups in total. The minimum atomic E-state index is -0.475. The Morgan fingerprint density at radius 3 is 2.31 bits per heavy atom. The maximum Gasteiger partial charge on any atom is 0.341 e. The number of thiophene rings is 1. The average molecular weight is 540 g/mol. The van der Waals surface area contributed by atoms with Crippen LogP contribution in [-0.4, -0.2) is 25.6 Å². The summed E-state index contributed by atoms with van der Waals surface area (Å²) >= 11 is 1.32. The Morgan fingerprint density at radius 1 is 0.897 bits per heavy atom. The smallest absolute Gasteiger partial charge is 0.341 e. The van der Waals surface area contributed by atoms with Gasteiger partial charge in [-0.25, -0.2) is 4.79 Å². The molecule has 1 amide bonds. The topological polar surface area (TPSA) is 64.6 Å². The lowest BCUT2D eigenvalue weighted by Gasteiger charge is -2.26. The Morgan fingerprint density at radius 2 is 1.59 bits per heavy atom. The number of rotatable bonds is 8. The summed E-state index contributed by atoms with van der Waals surface area (Å²) in [6.07, 6.45) is 4.54. The van der Waals surface area contributed by atoms with Crippen LogP contribution in [0.4, 0.5) is 5.00 Å². The summed E-state index contributed by atoms with van der Waals surface area (Å²) in [5.41, 5.74) is 7.04. The maximum absolute atomic E-state index is 12.8. The highest BCUT2D eigenvalue weighted by atomic mass is 32.1. The lowest BCUT2D eigenvalue weighted by molar-refractivity contribution is -0.118. The molecule has 5 nitrogen and oxygen atoms in total. The van der Waals surface area contributed by atoms with E-state index >= 15 is 0 Å². The van der Waals surface area contributed by atoms with Crippen LogP contribution in [0.2, 0.25) is 0 Å². The van der Waals surface area contributed by atoms with Crippen molar-refractivity contribution in [2.45, 2.75) is 44.9 Å². The second-order valence-corrected chi connectivity index (χ2v) is 11.3. The first-order valence-corrected chi connectivity index (χ1v) is 14.2. The second-order valence-electron chi connectivity index (χ2n) is 10.4. The quantitative estimate of drug-likeness (QED) is 0.237. The van der Waals surface area contributed by atoms with E-state index in [2.05, 4.69) is 49.5 Å². The number of amides is 1. The third-order valence-electron chi connectivity index (χ3n) is 7.53. The van der Waals surface area contributed by atoms with E-state index in [4.69, 9.17) is 9.47 Å². The number of carbonyl (C=O) groups is 2. The summed E-state index contributed by atoms with van der Waals surface area (Å²) in [4.78, 5) is 25.6. The first-order chi connectivity index (χ1) is 18.9. The first kappa shape index (κ1) is 26.7. The molecule has 0 bridgehead atoms. The van der Waals surface area contributed by atoms with E-state index in [1.165, 1.54) is 48.0 Å². The second kappa shape index (κ2) is 11.5. The predicted molar refractivity (Wildman–Crippen MR) is 157 cm³/mol. The van der Waals surface area contributed by atoms with E-state index in [1.807, 2.05) is 47.8 Å². The Kier molecular flexibility index (Phi) is 7.84. The number of nitrogens with one attached hydrogen (secondary N) is 1. The van der Waals surface area contributed by atoms with Gasteiger partial charge in [0.05, 0.1) is 7.11 Å². The minimum absolute atomic E-state index is 0.156. The first-order valence-electron chi connectivity index (χ1n) is 13.3. The summed E-state index contributed by atoms with van der Waals surface area (Å²) < 4.78 is 10.8. The molecule has 200 valence electrons. The zero-order valence-corrected chi connectivity index (χ0v) is 23.4. The number of hydrogen-bond acceptors (Lipinski definition) is 5. The van der Waals surface area contributed by atoms with Crippen molar-refractivity contribution in [2.75, 3.05) is 19.0 Å². The van der Waals surface area contributed by atoms with Crippen LogP contribution >= 0.6 is 11.3 Å². The van der Waals surface area contributed by atoms with Crippen LogP contribution in [0, 0.1) is 0 Å². The minimum Gasteiger partial charge on any atom is -0.484 e. The van der Waals surface area contributed by atoms with Gasteiger partial charge in [-0.15, -0.1) is 11.3 Å². The van der Waals surface area contributed by atoms with Crippen molar-refractivity contribution in [1.82, 2.24) is 0 Å². The van der Waals surface area contributed by atoms with Gasteiger partial charge in [-0.05, 0) is 65.6 Å². The molecule has 0 aliphatic heterocycles. The summed E-state index contributed by atoms with van der Waals surface area (Å²) in [6, 6.07) is 24.5. The predicted octanol–water partition coefficient (Wildman–Crippen LogP) is 7.42. The fourth-order valence-corrected chi connectivity index (χ4v) is 6.14. The van der Waals surface area contributed by atoms with E-state index in [0.717, 1.165) is 29.5 Å². The Balaban J connectivity index is 1.27. The molecule has 1 aliphatic carbocycles. The molecule has 1 heterocycles. The monoisotopic (exact) mass is 539 g/mol. The Labute approximate surface area is 233 Å². The Hall–Kier alpha value is -3.90. The van der Waals surface area contributed by atoms with Crippen molar-refractivity contribution in [2.24, 2.45) is 0 Å². The van der Waals surface area contributed by atoms with Gasteiger partial charge in [-0.1, -0.05) is 74.5 Å². The number of methoxy groups -OCH3 is 1. The van der Waals surface area contributed by atoms with Crippen molar-refractivity contribution in [3.8, 4) is 16.9 Å². The molecule has 1 aliphatic rings. The van der Waals surface area contributed by atoms with Crippen LogP contribution in [0.15, 0.2) is 78.2 Å². The fraction of sp³-hybridized carbons (Fsp3) is 0.273. The molecule has 0 saturated heterocycles. The molecule has 0 radical (unpaired) electrons. The van der Waals surface area contributed by atoms with Gasteiger partial charge >= 0.3 is 5.97 Å². The molecule has 0 saturated carbocycles. The largest absolute Gasteiger partial charge is 0.484 e. The highest BCUT2D eigenvalue weighted by Crippen LogP contribution is 2.38. The standard InChI is InChI=1S/C33H33NO4S/c1-33(2,25-11-5-4-6-12-25)26-15-17-27(18-16-26)38-20-29(35)34-31-30(32(36)37-3)28(21-39-31)24-14-13-22-9-7-8-10-23(22)19-24/h4-6,11-19,21H,7-10,20H2,1-3H3,(H,34,35). The van der Waals surface area contributed by atoms with Gasteiger partial charge in [0.25, 0.3) is 5.91 Å². The molecule has 0 fully saturated rings. The number of aryl methyl sites for hydroxylation is 2. The van der Waals surface area contributed by atoms with Gasteiger partial charge in [0, 0.05) is 16.4 Å². The number of hydrogen-bond donors (Lipinski definition) is 1. The van der Waals surface area contributed by atoms with Crippen LogP contribution in [0.1, 0.15) is 59.3 Å². The van der Waals surface area contributed by atoms with Crippen molar-refractivity contribution in [1.29, 1.82) is 0 Å². The van der Waals surface area contributed by atoms with Crippen LogP contribution in [0.25, 0.3) is 11.1 Å². The maximum atomic E-state index is 12.8. The summed E-state index contributed by atoms with van der Waals surface area (Å²) in [7, 11) is 1.36. The third kappa shape index (κ3) is 5.76. The zero-order chi connectivity index (χ0) is 27.4. The summed E-state index contributed by atoms with van der Waals surface area (Å²) in [6.45, 7) is 4.20. The zero-order valence-electron chi connectivity index (χ0n) is 22.6. The third-order valence-corrected chi connectivity index (χ3v) is 8.43. The molecule has 39 heavy (non-hydrogen) atoms. The molecular weight excluding hydrogens is 506 g/mol. The summed E-state index contributed by atoms with van der Waals surface area (Å²) in [5.74, 6) is -0.212. The Bertz CT molecular complexity index is 1470. The van der Waals surface area contributed by atoms with E-state index in [0.29, 0.717) is 16.3 Å². The highest BCUT2D eigenvalue weighted by Gasteiger charge is 2.24. The number of fused-ring (bicyclic) bond motifs is 1. The molecular formula is C33H33NO4S. The molecule has 3 aromatic carbocycles. The molecule has 0 unspecified atom stereocenters. The van der Waals surface area contributed by atoms with Gasteiger partial charge < -0.3 is 14.8 Å². The van der Waals surface area contributed by atoms with Gasteiger partial charge in [0.2, 0.25) is 0 Å². The number of carbonyl (C=O) groups excluding carboxylic acids is 2. The van der Waals surface area contributed by atoms with Crippen LogP contribution in [-0.2, 0) is 27.8 Å². The SMILES string of the molecule is COC(=O)c1c(-c2ccc3c(c2)CCCC3)csc1NC(=O)COc1ccc(C(C)(C)c2ccccc2)cc1. The van der Waals surface area contributed by atoms with Crippen LogP contribution in [0.5, 0.6) is 5.75 Å². The van der Waals surface area contributed by atoms with Crippen molar-refractivity contribution < 1.29 is 19.1 Å². The van der Waals surface area contributed by atoms with Crippen molar-refractivity contribution in [3.05, 3.63) is 106 Å². The number of ether oxygens (including phenoxy) is 2. The average Bonchev–Trinajstić information content (AvgIpc) is 3.39. The number of esters is 1. The molecule has 0 spiro atoms. The number of benzene rings is 3. The van der Waals surface area contributed by atoms with Crippen LogP contribution < -0.4 is 10.1 Å². The van der Waals surface area contributed by atoms with Crippen molar-refractivity contribution in [3.63, 3.8) is 0 Å². The molecule has 1 aromatic heterocycles. The molecule has 4 aromatic rings. The highest BCUT2D eigenvalue weighted by molar-refractivity contribution is 7.15. The van der Waals surface area contributed by atoms with E-state index in [9.17, 15) is 9.59 Å². The van der Waals surface area contributed by atoms with E-state index in [1.54, 1.807) is 0 Å². The lowest BCUT2D eigenvalue weighted by Crippen LogP contribution is -2.21. The van der Waals surface area contributed by atoms with Crippen molar-refractivity contribution >= 4 is 28.2 Å². The number of anilines is 1. The van der Waals surface area contributed by atoms with Crippen LogP contribution in [0.3, 0.4) is 0 Å². The van der Waals surface area contributed by atoms with Gasteiger partial charge in [-0.2, -0.15) is 0 Å². The van der Waals surface area contributed by atoms with E-state index < -0.39 is 5.97 Å².